The summed E-state index contributed by atoms with van der Waals surface area (Å²) in [5, 5.41) is 7.58. The molecule has 1 aromatic carbocycles. The van der Waals surface area contributed by atoms with E-state index in [1.54, 1.807) is 6.33 Å². The number of hydrogen-bond acceptors (Lipinski definition) is 6. The lowest BCUT2D eigenvalue weighted by Crippen LogP contribution is -2.58. The second kappa shape index (κ2) is 8.79. The largest absolute Gasteiger partial charge is 0.352 e. The number of rotatable bonds is 6. The molecule has 2 N–H and O–H groups in total. The standard InChI is InChI=1S/C27H33ClN6O/c1-15(2)29-11-23(17-4-6-18(28)7-5-17)27(35)34-19-8-9-20(34)13-33(12-19)26-24-22-10-21(22)16(3)32-25(24)30-14-31-26/h4-7,14-15,19-23,29H,3,8-13H2,1-2H3,(H,30,31,32)/t19?,20?,21-,22-,23-/m1/s1. The van der Waals surface area contributed by atoms with Crippen LogP contribution in [0, 0.1) is 5.92 Å². The molecule has 2 saturated heterocycles. The molecule has 2 unspecified atom stereocenters. The number of amides is 1. The zero-order valence-electron chi connectivity index (χ0n) is 20.4. The van der Waals surface area contributed by atoms with Gasteiger partial charge >= 0.3 is 0 Å². The number of fused-ring (bicyclic) bond motifs is 5. The van der Waals surface area contributed by atoms with Crippen LogP contribution in [0.2, 0.25) is 5.02 Å². The lowest BCUT2D eigenvalue weighted by Gasteiger charge is -2.43. The van der Waals surface area contributed by atoms with Gasteiger partial charge in [-0.25, -0.2) is 9.97 Å². The van der Waals surface area contributed by atoms with Crippen molar-refractivity contribution < 1.29 is 4.79 Å². The number of halogens is 1. The summed E-state index contributed by atoms with van der Waals surface area (Å²) in [5.74, 6) is 2.93. The van der Waals surface area contributed by atoms with Gasteiger partial charge in [-0.05, 0) is 37.0 Å². The van der Waals surface area contributed by atoms with Crippen LogP contribution in [-0.2, 0) is 4.79 Å². The van der Waals surface area contributed by atoms with Gasteiger partial charge in [-0.15, -0.1) is 0 Å². The summed E-state index contributed by atoms with van der Waals surface area (Å²) < 4.78 is 0. The van der Waals surface area contributed by atoms with Crippen molar-refractivity contribution in [1.29, 1.82) is 0 Å². The minimum atomic E-state index is -0.224. The zero-order chi connectivity index (χ0) is 24.3. The predicted octanol–water partition coefficient (Wildman–Crippen LogP) is 4.13. The molecule has 4 heterocycles. The topological polar surface area (TPSA) is 73.4 Å². The van der Waals surface area contributed by atoms with E-state index < -0.39 is 0 Å². The molecule has 184 valence electrons. The van der Waals surface area contributed by atoms with Crippen molar-refractivity contribution in [3.63, 3.8) is 0 Å². The Kier molecular flexibility index (Phi) is 5.72. The number of nitrogens with one attached hydrogen (secondary N) is 2. The van der Waals surface area contributed by atoms with Gasteiger partial charge in [0.2, 0.25) is 5.91 Å². The van der Waals surface area contributed by atoms with E-state index in [0.717, 1.165) is 55.2 Å². The van der Waals surface area contributed by atoms with Gasteiger partial charge in [0.15, 0.2) is 0 Å². The summed E-state index contributed by atoms with van der Waals surface area (Å²) in [7, 11) is 0. The monoisotopic (exact) mass is 492 g/mol. The van der Waals surface area contributed by atoms with Crippen LogP contribution in [0.25, 0.3) is 0 Å². The molecule has 0 spiro atoms. The fraction of sp³-hybridized carbons (Fsp3) is 0.519. The molecule has 0 radical (unpaired) electrons. The Labute approximate surface area is 212 Å². The molecule has 3 aliphatic heterocycles. The summed E-state index contributed by atoms with van der Waals surface area (Å²) in [6, 6.07) is 8.45. The maximum absolute atomic E-state index is 14.0. The van der Waals surface area contributed by atoms with Gasteiger partial charge in [0.05, 0.1) is 5.92 Å². The van der Waals surface area contributed by atoms with E-state index in [2.05, 4.69) is 45.8 Å². The third-order valence-corrected chi connectivity index (χ3v) is 8.34. The van der Waals surface area contributed by atoms with Gasteiger partial charge in [0.25, 0.3) is 0 Å². The van der Waals surface area contributed by atoms with Gasteiger partial charge in [0, 0.05) is 65.9 Å². The molecular weight excluding hydrogens is 460 g/mol. The number of carbonyl (C=O) groups excluding carboxylic acids is 1. The lowest BCUT2D eigenvalue weighted by atomic mass is 9.95. The maximum atomic E-state index is 14.0. The third kappa shape index (κ3) is 4.08. The van der Waals surface area contributed by atoms with Crippen molar-refractivity contribution in [1.82, 2.24) is 20.2 Å². The average molecular weight is 493 g/mol. The van der Waals surface area contributed by atoms with E-state index in [9.17, 15) is 4.79 Å². The van der Waals surface area contributed by atoms with E-state index in [1.807, 2.05) is 24.3 Å². The molecule has 1 saturated carbocycles. The van der Waals surface area contributed by atoms with E-state index >= 15 is 0 Å². The van der Waals surface area contributed by atoms with Crippen molar-refractivity contribution in [3.8, 4) is 0 Å². The average Bonchev–Trinajstić information content (AvgIpc) is 3.60. The highest BCUT2D eigenvalue weighted by molar-refractivity contribution is 6.30. The van der Waals surface area contributed by atoms with Crippen LogP contribution in [0.3, 0.4) is 0 Å². The normalized spacial score (nSPS) is 27.4. The van der Waals surface area contributed by atoms with Gasteiger partial charge < -0.3 is 20.4 Å². The Morgan fingerprint density at radius 1 is 1.17 bits per heavy atom. The van der Waals surface area contributed by atoms with Gasteiger partial charge in [-0.3, -0.25) is 4.79 Å². The molecule has 35 heavy (non-hydrogen) atoms. The van der Waals surface area contributed by atoms with Crippen LogP contribution in [0.4, 0.5) is 11.6 Å². The summed E-state index contributed by atoms with van der Waals surface area (Å²) in [5.41, 5.74) is 3.33. The van der Waals surface area contributed by atoms with Crippen LogP contribution < -0.4 is 15.5 Å². The summed E-state index contributed by atoms with van der Waals surface area (Å²) in [6.45, 7) is 10.6. The first-order chi connectivity index (χ1) is 16.9. The highest BCUT2D eigenvalue weighted by atomic mass is 35.5. The second-order valence-corrected chi connectivity index (χ2v) is 11.2. The Bertz CT molecular complexity index is 1140. The SMILES string of the molecule is C=C1Nc2ncnc(N3CC4CCC(C3)N4C(=O)[C@H](CNC(C)C)c3ccc(Cl)cc3)c2[C@@H]2C[C@H]12. The van der Waals surface area contributed by atoms with Crippen molar-refractivity contribution >= 4 is 29.1 Å². The summed E-state index contributed by atoms with van der Waals surface area (Å²) in [4.78, 5) is 27.9. The Morgan fingerprint density at radius 2 is 1.89 bits per heavy atom. The fourth-order valence-corrected chi connectivity index (χ4v) is 6.36. The van der Waals surface area contributed by atoms with Crippen molar-refractivity contribution in [2.75, 3.05) is 29.9 Å². The first-order valence-electron chi connectivity index (χ1n) is 12.8. The van der Waals surface area contributed by atoms with Crippen LogP contribution in [0.15, 0.2) is 42.9 Å². The number of nitrogens with zero attached hydrogens (tertiary/aromatic N) is 4. The zero-order valence-corrected chi connectivity index (χ0v) is 21.1. The van der Waals surface area contributed by atoms with Crippen molar-refractivity contribution in [2.45, 2.75) is 63.1 Å². The van der Waals surface area contributed by atoms with Gasteiger partial charge in [-0.2, -0.15) is 0 Å². The Morgan fingerprint density at radius 3 is 2.57 bits per heavy atom. The molecule has 2 bridgehead atoms. The molecule has 5 atom stereocenters. The minimum absolute atomic E-state index is 0.197. The molecule has 1 aliphatic carbocycles. The number of allylic oxidation sites excluding steroid dienone is 1. The number of anilines is 2. The van der Waals surface area contributed by atoms with Crippen LogP contribution in [0.5, 0.6) is 0 Å². The highest BCUT2D eigenvalue weighted by Gasteiger charge is 2.50. The molecule has 4 aliphatic rings. The lowest BCUT2D eigenvalue weighted by molar-refractivity contribution is -0.136. The Balaban J connectivity index is 1.24. The first-order valence-corrected chi connectivity index (χ1v) is 13.1. The van der Waals surface area contributed by atoms with Crippen LogP contribution >= 0.6 is 11.6 Å². The van der Waals surface area contributed by atoms with E-state index in [-0.39, 0.29) is 23.9 Å². The molecule has 6 rings (SSSR count). The van der Waals surface area contributed by atoms with E-state index in [4.69, 9.17) is 16.6 Å². The highest BCUT2D eigenvalue weighted by Crippen LogP contribution is 2.58. The third-order valence-electron chi connectivity index (χ3n) is 8.09. The first kappa shape index (κ1) is 22.8. The van der Waals surface area contributed by atoms with Gasteiger partial charge in [-0.1, -0.05) is 44.2 Å². The number of aromatic nitrogens is 2. The van der Waals surface area contributed by atoms with Crippen molar-refractivity contribution in [2.24, 2.45) is 5.92 Å². The summed E-state index contributed by atoms with van der Waals surface area (Å²) >= 11 is 6.14. The van der Waals surface area contributed by atoms with Crippen molar-refractivity contribution in [3.05, 3.63) is 59.0 Å². The van der Waals surface area contributed by atoms with Gasteiger partial charge in [0.1, 0.15) is 18.0 Å². The minimum Gasteiger partial charge on any atom is -0.352 e. The molecule has 8 heteroatoms. The number of carbonyl (C=O) groups is 1. The van der Waals surface area contributed by atoms with Crippen LogP contribution in [0.1, 0.15) is 56.1 Å². The summed E-state index contributed by atoms with van der Waals surface area (Å²) in [6.07, 6.45) is 4.85. The second-order valence-electron chi connectivity index (χ2n) is 10.8. The van der Waals surface area contributed by atoms with E-state index in [1.165, 1.54) is 5.56 Å². The number of benzene rings is 1. The molecule has 1 aromatic heterocycles. The molecule has 3 fully saturated rings. The molecular formula is C27H33ClN6O. The molecule has 7 nitrogen and oxygen atoms in total. The number of hydrogen-bond donors (Lipinski definition) is 2. The molecule has 2 aromatic rings. The number of piperazine rings is 1. The predicted molar refractivity (Wildman–Crippen MR) is 139 cm³/mol. The molecule has 1 amide bonds. The Hall–Kier alpha value is -2.64. The quantitative estimate of drug-likeness (QED) is 0.631. The fourth-order valence-electron chi connectivity index (χ4n) is 6.24. The van der Waals surface area contributed by atoms with Crippen LogP contribution in [-0.4, -0.2) is 58.5 Å². The smallest absolute Gasteiger partial charge is 0.232 e. The van der Waals surface area contributed by atoms with E-state index in [0.29, 0.717) is 29.4 Å². The maximum Gasteiger partial charge on any atom is 0.232 e.